The maximum Gasteiger partial charge on any atom is 0.254 e. The van der Waals surface area contributed by atoms with Crippen molar-refractivity contribution in [2.75, 3.05) is 5.32 Å². The fourth-order valence-electron chi connectivity index (χ4n) is 3.55. The van der Waals surface area contributed by atoms with Gasteiger partial charge in [0.15, 0.2) is 0 Å². The number of hydrogen-bond acceptors (Lipinski definition) is 4. The molecule has 5 heteroatoms. The second-order valence-electron chi connectivity index (χ2n) is 7.37. The monoisotopic (exact) mass is 408 g/mol. The molecule has 0 radical (unpaired) electrons. The molecule has 1 heterocycles. The third-order valence-electron chi connectivity index (χ3n) is 4.94. The number of anilines is 2. The van der Waals surface area contributed by atoms with Crippen LogP contribution in [0, 0.1) is 13.8 Å². The van der Waals surface area contributed by atoms with Gasteiger partial charge in [-0.2, -0.15) is 0 Å². The van der Waals surface area contributed by atoms with E-state index < -0.39 is 0 Å². The molecular weight excluding hydrogens is 384 g/mol. The lowest BCUT2D eigenvalue weighted by Gasteiger charge is -2.21. The number of hydrogen-bond donors (Lipinski definition) is 2. The Labute approximate surface area is 182 Å². The zero-order valence-electron chi connectivity index (χ0n) is 17.5. The van der Waals surface area contributed by atoms with Crippen LogP contribution in [0.5, 0.6) is 0 Å². The van der Waals surface area contributed by atoms with E-state index in [1.165, 1.54) is 0 Å². The van der Waals surface area contributed by atoms with Crippen molar-refractivity contribution in [3.8, 4) is 0 Å². The second-order valence-corrected chi connectivity index (χ2v) is 7.37. The number of aromatic nitrogens is 2. The van der Waals surface area contributed by atoms with Crippen molar-refractivity contribution < 1.29 is 4.79 Å². The van der Waals surface area contributed by atoms with E-state index in [4.69, 9.17) is 0 Å². The van der Waals surface area contributed by atoms with Gasteiger partial charge >= 0.3 is 0 Å². The van der Waals surface area contributed by atoms with Gasteiger partial charge in [0.1, 0.15) is 0 Å². The number of para-hydroxylation sites is 1. The van der Waals surface area contributed by atoms with Gasteiger partial charge in [0.05, 0.1) is 17.3 Å². The third kappa shape index (κ3) is 4.95. The molecule has 0 spiro atoms. The summed E-state index contributed by atoms with van der Waals surface area (Å²) in [5.74, 6) is 0.297. The fraction of sp³-hybridized carbons (Fsp3) is 0.115. The molecule has 0 fully saturated rings. The highest BCUT2D eigenvalue weighted by molar-refractivity contribution is 6.00. The van der Waals surface area contributed by atoms with Gasteiger partial charge in [-0.05, 0) is 43.2 Å². The molecule has 0 saturated carbocycles. The van der Waals surface area contributed by atoms with Crippen LogP contribution < -0.4 is 10.6 Å². The average molecular weight is 409 g/mol. The fourth-order valence-corrected chi connectivity index (χ4v) is 3.55. The lowest BCUT2D eigenvalue weighted by Crippen LogP contribution is -2.29. The minimum absolute atomic E-state index is 0.176. The molecule has 154 valence electrons. The van der Waals surface area contributed by atoms with Crippen molar-refractivity contribution in [3.05, 3.63) is 119 Å². The van der Waals surface area contributed by atoms with Crippen LogP contribution in [0.1, 0.15) is 38.9 Å². The number of aryl methyl sites for hydroxylation is 2. The van der Waals surface area contributed by atoms with Crippen molar-refractivity contribution >= 4 is 17.5 Å². The molecule has 1 aromatic heterocycles. The van der Waals surface area contributed by atoms with E-state index in [0.717, 1.165) is 22.5 Å². The van der Waals surface area contributed by atoms with Crippen molar-refractivity contribution in [1.82, 2.24) is 15.3 Å². The summed E-state index contributed by atoms with van der Waals surface area (Å²) in [5.41, 5.74) is 4.96. The standard InChI is InChI=1S/C26H24N4O/c1-18-17-19(2)28-26(27-18)29-23-16-10-9-15-22(23)25(31)30-24(20-11-5-3-6-12-20)21-13-7-4-8-14-21/h3-17,24H,1-2H3,(H,30,31)(H,27,28,29). The summed E-state index contributed by atoms with van der Waals surface area (Å²) in [7, 11) is 0. The first-order chi connectivity index (χ1) is 15.1. The molecule has 31 heavy (non-hydrogen) atoms. The lowest BCUT2D eigenvalue weighted by atomic mass is 9.98. The van der Waals surface area contributed by atoms with Gasteiger partial charge in [0, 0.05) is 11.4 Å². The Hall–Kier alpha value is -3.99. The second kappa shape index (κ2) is 9.22. The zero-order valence-corrected chi connectivity index (χ0v) is 17.5. The largest absolute Gasteiger partial charge is 0.341 e. The first-order valence-corrected chi connectivity index (χ1v) is 10.2. The van der Waals surface area contributed by atoms with E-state index in [-0.39, 0.29) is 11.9 Å². The van der Waals surface area contributed by atoms with Crippen LogP contribution >= 0.6 is 0 Å². The SMILES string of the molecule is Cc1cc(C)nc(Nc2ccccc2C(=O)NC(c2ccccc2)c2ccccc2)n1. The molecule has 0 unspecified atom stereocenters. The molecular formula is C26H24N4O. The normalized spacial score (nSPS) is 10.7. The topological polar surface area (TPSA) is 66.9 Å². The van der Waals surface area contributed by atoms with Crippen LogP contribution in [0.2, 0.25) is 0 Å². The molecule has 0 aliphatic rings. The number of carbonyl (C=O) groups is 1. The maximum absolute atomic E-state index is 13.4. The molecule has 0 aliphatic heterocycles. The van der Waals surface area contributed by atoms with E-state index >= 15 is 0 Å². The molecule has 0 atom stereocenters. The number of rotatable bonds is 6. The van der Waals surface area contributed by atoms with Gasteiger partial charge in [-0.25, -0.2) is 9.97 Å². The molecule has 5 nitrogen and oxygen atoms in total. The predicted molar refractivity (Wildman–Crippen MR) is 123 cm³/mol. The molecule has 2 N–H and O–H groups in total. The summed E-state index contributed by atoms with van der Waals surface area (Å²) >= 11 is 0. The molecule has 3 aromatic carbocycles. The third-order valence-corrected chi connectivity index (χ3v) is 4.94. The number of benzene rings is 3. The van der Waals surface area contributed by atoms with E-state index in [2.05, 4.69) is 20.6 Å². The number of carbonyl (C=O) groups excluding carboxylic acids is 1. The van der Waals surface area contributed by atoms with Crippen LogP contribution in [-0.4, -0.2) is 15.9 Å². The van der Waals surface area contributed by atoms with Crippen LogP contribution in [0.4, 0.5) is 11.6 Å². The maximum atomic E-state index is 13.4. The van der Waals surface area contributed by atoms with Gasteiger partial charge < -0.3 is 10.6 Å². The summed E-state index contributed by atoms with van der Waals surface area (Å²) in [5, 5.41) is 6.40. The molecule has 0 saturated heterocycles. The Morgan fingerprint density at radius 1 is 0.742 bits per heavy atom. The Morgan fingerprint density at radius 2 is 1.26 bits per heavy atom. The van der Waals surface area contributed by atoms with E-state index in [1.54, 1.807) is 6.07 Å². The lowest BCUT2D eigenvalue weighted by molar-refractivity contribution is 0.0944. The summed E-state index contributed by atoms with van der Waals surface area (Å²) in [6, 6.07) is 29.0. The number of nitrogens with one attached hydrogen (secondary N) is 2. The highest BCUT2D eigenvalue weighted by Gasteiger charge is 2.19. The van der Waals surface area contributed by atoms with Gasteiger partial charge in [-0.15, -0.1) is 0 Å². The summed E-state index contributed by atoms with van der Waals surface area (Å²) in [6.07, 6.45) is 0. The average Bonchev–Trinajstić information content (AvgIpc) is 2.78. The van der Waals surface area contributed by atoms with Gasteiger partial charge in [-0.1, -0.05) is 72.8 Å². The Balaban J connectivity index is 1.64. The summed E-state index contributed by atoms with van der Waals surface area (Å²) < 4.78 is 0. The quantitative estimate of drug-likeness (QED) is 0.451. The number of nitrogens with zero attached hydrogens (tertiary/aromatic N) is 2. The van der Waals surface area contributed by atoms with Crippen molar-refractivity contribution in [2.24, 2.45) is 0 Å². The van der Waals surface area contributed by atoms with Crippen LogP contribution in [-0.2, 0) is 0 Å². The molecule has 4 aromatic rings. The van der Waals surface area contributed by atoms with E-state index in [0.29, 0.717) is 17.2 Å². The minimum atomic E-state index is -0.263. The van der Waals surface area contributed by atoms with Gasteiger partial charge in [-0.3, -0.25) is 4.79 Å². The van der Waals surface area contributed by atoms with Crippen molar-refractivity contribution in [1.29, 1.82) is 0 Å². The Kier molecular flexibility index (Phi) is 6.03. The highest BCUT2D eigenvalue weighted by Crippen LogP contribution is 2.24. The van der Waals surface area contributed by atoms with Crippen LogP contribution in [0.15, 0.2) is 91.0 Å². The Morgan fingerprint density at radius 3 is 1.84 bits per heavy atom. The van der Waals surface area contributed by atoms with Crippen molar-refractivity contribution in [2.45, 2.75) is 19.9 Å². The molecule has 1 amide bonds. The first kappa shape index (κ1) is 20.3. The summed E-state index contributed by atoms with van der Waals surface area (Å²) in [6.45, 7) is 3.84. The van der Waals surface area contributed by atoms with E-state index in [9.17, 15) is 4.79 Å². The smallest absolute Gasteiger partial charge is 0.254 e. The van der Waals surface area contributed by atoms with Crippen LogP contribution in [0.25, 0.3) is 0 Å². The van der Waals surface area contributed by atoms with Crippen LogP contribution in [0.3, 0.4) is 0 Å². The molecule has 0 aliphatic carbocycles. The number of amides is 1. The highest BCUT2D eigenvalue weighted by atomic mass is 16.1. The van der Waals surface area contributed by atoms with Gasteiger partial charge in [0.2, 0.25) is 5.95 Å². The zero-order chi connectivity index (χ0) is 21.6. The molecule has 0 bridgehead atoms. The van der Waals surface area contributed by atoms with Crippen molar-refractivity contribution in [3.63, 3.8) is 0 Å². The minimum Gasteiger partial charge on any atom is -0.341 e. The Bertz CT molecular complexity index is 1120. The summed E-state index contributed by atoms with van der Waals surface area (Å²) in [4.78, 5) is 22.2. The predicted octanol–water partition coefficient (Wildman–Crippen LogP) is 5.36. The van der Waals surface area contributed by atoms with Gasteiger partial charge in [0.25, 0.3) is 5.91 Å². The molecule has 4 rings (SSSR count). The first-order valence-electron chi connectivity index (χ1n) is 10.2. The van der Waals surface area contributed by atoms with E-state index in [1.807, 2.05) is 98.8 Å².